The Morgan fingerprint density at radius 2 is 1.83 bits per heavy atom. The van der Waals surface area contributed by atoms with E-state index >= 15 is 0 Å². The van der Waals surface area contributed by atoms with E-state index in [-0.39, 0.29) is 18.2 Å². The Bertz CT molecular complexity index is 807. The predicted molar refractivity (Wildman–Crippen MR) is 115 cm³/mol. The molecule has 0 unspecified atom stereocenters. The molecule has 2 amide bonds. The summed E-state index contributed by atoms with van der Waals surface area (Å²) in [6, 6.07) is 10.3. The van der Waals surface area contributed by atoms with Gasteiger partial charge in [0.15, 0.2) is 0 Å². The molecule has 0 spiro atoms. The number of carbonyl (C=O) groups excluding carboxylic acids is 1. The molecule has 29 heavy (non-hydrogen) atoms. The van der Waals surface area contributed by atoms with E-state index in [0.717, 1.165) is 37.3 Å². The molecule has 0 aliphatic carbocycles. The van der Waals surface area contributed by atoms with Gasteiger partial charge < -0.3 is 9.64 Å². The van der Waals surface area contributed by atoms with Gasteiger partial charge in [-0.3, -0.25) is 14.9 Å². The topological polar surface area (TPSA) is 62.6 Å². The van der Waals surface area contributed by atoms with Gasteiger partial charge in [-0.05, 0) is 31.4 Å². The summed E-state index contributed by atoms with van der Waals surface area (Å²) in [6.07, 6.45) is 1.39. The smallest absolute Gasteiger partial charge is 0.323 e. The molecule has 1 N–H and O–H groups in total. The van der Waals surface area contributed by atoms with Crippen LogP contribution in [0.15, 0.2) is 30.3 Å². The van der Waals surface area contributed by atoms with E-state index in [2.05, 4.69) is 53.4 Å². The first-order valence-electron chi connectivity index (χ1n) is 10.3. The van der Waals surface area contributed by atoms with Crippen LogP contribution >= 0.6 is 0 Å². The maximum atomic E-state index is 12.5. The zero-order valence-electron chi connectivity index (χ0n) is 18.2. The molecule has 158 valence electrons. The third-order valence-electron chi connectivity index (χ3n) is 5.22. The van der Waals surface area contributed by atoms with Crippen molar-refractivity contribution in [3.05, 3.63) is 47.2 Å². The monoisotopic (exact) mass is 399 g/mol. The normalized spacial score (nSPS) is 19.9. The lowest BCUT2D eigenvalue weighted by molar-refractivity contribution is -0.0704. The first kappa shape index (κ1) is 21.3. The van der Waals surface area contributed by atoms with Crippen LogP contribution in [0.1, 0.15) is 37.6 Å². The van der Waals surface area contributed by atoms with Gasteiger partial charge in [0.25, 0.3) is 0 Å². The molecule has 2 heterocycles. The van der Waals surface area contributed by atoms with E-state index in [1.165, 1.54) is 5.56 Å². The van der Waals surface area contributed by atoms with E-state index in [4.69, 9.17) is 4.74 Å². The third-order valence-corrected chi connectivity index (χ3v) is 5.22. The van der Waals surface area contributed by atoms with Crippen molar-refractivity contribution in [3.63, 3.8) is 0 Å². The fourth-order valence-corrected chi connectivity index (χ4v) is 3.79. The molecule has 1 aromatic carbocycles. The standard InChI is InChI=1S/C22H33N5O2/c1-6-20-11-21(26(5)24-20)23-22(28)25(4)14-18-7-9-19(10-8-18)15-27-12-16(2)29-17(3)13-27/h7-11,16-17H,6,12-15H2,1-5H3,(H,23,28)/t16-,17+. The molecule has 2 atom stereocenters. The number of benzene rings is 1. The molecule has 0 radical (unpaired) electrons. The number of hydrogen-bond donors (Lipinski definition) is 1. The van der Waals surface area contributed by atoms with Crippen molar-refractivity contribution in [2.45, 2.75) is 52.5 Å². The van der Waals surface area contributed by atoms with Crippen molar-refractivity contribution in [1.29, 1.82) is 0 Å². The highest BCUT2D eigenvalue weighted by atomic mass is 16.5. The highest BCUT2D eigenvalue weighted by Crippen LogP contribution is 2.16. The van der Waals surface area contributed by atoms with Crippen LogP contribution in [0.2, 0.25) is 0 Å². The Morgan fingerprint density at radius 3 is 2.41 bits per heavy atom. The average molecular weight is 400 g/mol. The Hall–Kier alpha value is -2.38. The number of anilines is 1. The Kier molecular flexibility index (Phi) is 6.92. The summed E-state index contributed by atoms with van der Waals surface area (Å²) in [4.78, 5) is 16.6. The van der Waals surface area contributed by atoms with E-state index < -0.39 is 0 Å². The number of aromatic nitrogens is 2. The van der Waals surface area contributed by atoms with Crippen LogP contribution < -0.4 is 5.32 Å². The summed E-state index contributed by atoms with van der Waals surface area (Å²) in [5.41, 5.74) is 3.35. The van der Waals surface area contributed by atoms with Crippen LogP contribution in [0, 0.1) is 0 Å². The third kappa shape index (κ3) is 5.81. The molecule has 1 aliphatic heterocycles. The largest absolute Gasteiger partial charge is 0.373 e. The van der Waals surface area contributed by atoms with E-state index in [1.807, 2.05) is 20.0 Å². The summed E-state index contributed by atoms with van der Waals surface area (Å²) in [5, 5.41) is 7.29. The van der Waals surface area contributed by atoms with E-state index in [1.54, 1.807) is 16.6 Å². The quantitative estimate of drug-likeness (QED) is 0.810. The second kappa shape index (κ2) is 9.41. The van der Waals surface area contributed by atoms with Crippen molar-refractivity contribution in [1.82, 2.24) is 19.6 Å². The van der Waals surface area contributed by atoms with Crippen molar-refractivity contribution in [2.75, 3.05) is 25.5 Å². The molecule has 3 rings (SSSR count). The number of morpholine rings is 1. The van der Waals surface area contributed by atoms with Crippen molar-refractivity contribution >= 4 is 11.8 Å². The van der Waals surface area contributed by atoms with Crippen LogP contribution in [0.25, 0.3) is 0 Å². The molecular weight excluding hydrogens is 366 g/mol. The summed E-state index contributed by atoms with van der Waals surface area (Å²) in [7, 11) is 3.64. The second-order valence-corrected chi connectivity index (χ2v) is 8.05. The number of urea groups is 1. The van der Waals surface area contributed by atoms with Gasteiger partial charge >= 0.3 is 6.03 Å². The Labute approximate surface area is 173 Å². The van der Waals surface area contributed by atoms with Crippen molar-refractivity contribution < 1.29 is 9.53 Å². The van der Waals surface area contributed by atoms with Crippen molar-refractivity contribution in [2.24, 2.45) is 7.05 Å². The van der Waals surface area contributed by atoms with Gasteiger partial charge in [-0.25, -0.2) is 4.79 Å². The summed E-state index contributed by atoms with van der Waals surface area (Å²) >= 11 is 0. The van der Waals surface area contributed by atoms with Crippen LogP contribution in [0.3, 0.4) is 0 Å². The summed E-state index contributed by atoms with van der Waals surface area (Å²) < 4.78 is 7.51. The molecule has 7 heteroatoms. The lowest BCUT2D eigenvalue weighted by Crippen LogP contribution is -2.44. The van der Waals surface area contributed by atoms with Crippen LogP contribution in [0.5, 0.6) is 0 Å². The molecule has 1 aromatic heterocycles. The van der Waals surface area contributed by atoms with Gasteiger partial charge in [0, 0.05) is 46.3 Å². The minimum Gasteiger partial charge on any atom is -0.373 e. The van der Waals surface area contributed by atoms with Gasteiger partial charge in [-0.2, -0.15) is 5.10 Å². The number of hydrogen-bond acceptors (Lipinski definition) is 4. The van der Waals surface area contributed by atoms with Gasteiger partial charge in [-0.15, -0.1) is 0 Å². The first-order valence-corrected chi connectivity index (χ1v) is 10.3. The van der Waals surface area contributed by atoms with Crippen LogP contribution in [-0.4, -0.2) is 58.0 Å². The Balaban J connectivity index is 1.53. The van der Waals surface area contributed by atoms with Crippen molar-refractivity contribution in [3.8, 4) is 0 Å². The number of carbonyl (C=O) groups is 1. The zero-order valence-corrected chi connectivity index (χ0v) is 18.2. The molecule has 7 nitrogen and oxygen atoms in total. The molecule has 0 bridgehead atoms. The predicted octanol–water partition coefficient (Wildman–Crippen LogP) is 3.26. The fraction of sp³-hybridized carbons (Fsp3) is 0.545. The van der Waals surface area contributed by atoms with Gasteiger partial charge in [0.2, 0.25) is 0 Å². The molecule has 2 aromatic rings. The maximum absolute atomic E-state index is 12.5. The number of ether oxygens (including phenoxy) is 1. The Morgan fingerprint density at radius 1 is 1.21 bits per heavy atom. The molecule has 1 saturated heterocycles. The fourth-order valence-electron chi connectivity index (χ4n) is 3.79. The highest BCUT2D eigenvalue weighted by Gasteiger charge is 2.22. The number of nitrogens with one attached hydrogen (secondary N) is 1. The van der Waals surface area contributed by atoms with Gasteiger partial charge in [-0.1, -0.05) is 31.2 Å². The van der Waals surface area contributed by atoms with Crippen LogP contribution in [0.4, 0.5) is 10.6 Å². The molecule has 0 saturated carbocycles. The SMILES string of the molecule is CCc1cc(NC(=O)N(C)Cc2ccc(CN3C[C@@H](C)O[C@@H](C)C3)cc2)n(C)n1. The average Bonchev–Trinajstić information content (AvgIpc) is 3.02. The van der Waals surface area contributed by atoms with E-state index in [0.29, 0.717) is 12.4 Å². The zero-order chi connectivity index (χ0) is 21.0. The summed E-state index contributed by atoms with van der Waals surface area (Å²) in [5.74, 6) is 0.711. The number of nitrogens with zero attached hydrogens (tertiary/aromatic N) is 4. The minimum atomic E-state index is -0.143. The van der Waals surface area contributed by atoms with Gasteiger partial charge in [0.1, 0.15) is 5.82 Å². The van der Waals surface area contributed by atoms with Gasteiger partial charge in [0.05, 0.1) is 17.9 Å². The first-order chi connectivity index (χ1) is 13.8. The minimum absolute atomic E-state index is 0.143. The number of rotatable bonds is 6. The number of aryl methyl sites for hydroxylation is 2. The summed E-state index contributed by atoms with van der Waals surface area (Å²) in [6.45, 7) is 9.70. The number of amides is 2. The van der Waals surface area contributed by atoms with Crippen LogP contribution in [-0.2, 0) is 31.3 Å². The lowest BCUT2D eigenvalue weighted by atomic mass is 10.1. The molecular formula is C22H33N5O2. The maximum Gasteiger partial charge on any atom is 0.323 e. The lowest BCUT2D eigenvalue weighted by Gasteiger charge is -2.35. The highest BCUT2D eigenvalue weighted by molar-refractivity contribution is 5.88. The second-order valence-electron chi connectivity index (χ2n) is 8.05. The molecule has 1 aliphatic rings. The molecule has 1 fully saturated rings. The van der Waals surface area contributed by atoms with E-state index in [9.17, 15) is 4.79 Å².